The number of anilines is 1. The molecule has 112 valence electrons. The third kappa shape index (κ3) is 3.46. The van der Waals surface area contributed by atoms with Gasteiger partial charge in [0.25, 0.3) is 0 Å². The first-order chi connectivity index (χ1) is 10.2. The number of likely N-dealkylation sites (N-methyl/N-ethyl adjacent to an activating group) is 1. The number of nitrogens with one attached hydrogen (secondary N) is 2. The number of carbonyl (C=O) groups excluding carboxylic acids is 1. The van der Waals surface area contributed by atoms with Gasteiger partial charge in [-0.05, 0) is 23.6 Å². The Balaban J connectivity index is 2.30. The van der Waals surface area contributed by atoms with E-state index in [1.165, 1.54) is 11.3 Å². The zero-order valence-electron chi connectivity index (χ0n) is 12.2. The Hall–Kier alpha value is -2.21. The first-order valence-corrected chi connectivity index (χ1v) is 7.31. The smallest absolute Gasteiger partial charge is 0.247 e. The number of hydrogen-bond acceptors (Lipinski definition) is 5. The van der Waals surface area contributed by atoms with Gasteiger partial charge in [-0.1, -0.05) is 6.07 Å². The molecule has 0 aliphatic rings. The maximum atomic E-state index is 12.1. The number of ether oxygens (including phenoxy) is 2. The largest absolute Gasteiger partial charge is 0.497 e. The van der Waals surface area contributed by atoms with E-state index in [0.717, 1.165) is 10.6 Å². The quantitative estimate of drug-likeness (QED) is 0.861. The summed E-state index contributed by atoms with van der Waals surface area (Å²) in [5.74, 6) is 1.22. The van der Waals surface area contributed by atoms with E-state index in [0.29, 0.717) is 11.5 Å². The fraction of sp³-hybridized carbons (Fsp3) is 0.267. The minimum Gasteiger partial charge on any atom is -0.497 e. The first kappa shape index (κ1) is 15.2. The zero-order chi connectivity index (χ0) is 15.2. The lowest BCUT2D eigenvalue weighted by Crippen LogP contribution is -2.30. The van der Waals surface area contributed by atoms with Crippen LogP contribution in [0.4, 0.5) is 5.69 Å². The Labute approximate surface area is 127 Å². The highest BCUT2D eigenvalue weighted by Crippen LogP contribution is 2.32. The van der Waals surface area contributed by atoms with Crippen molar-refractivity contribution in [1.82, 2.24) is 5.32 Å². The second-order valence-corrected chi connectivity index (χ2v) is 5.25. The second-order valence-electron chi connectivity index (χ2n) is 4.27. The third-order valence-corrected chi connectivity index (χ3v) is 3.98. The van der Waals surface area contributed by atoms with E-state index in [1.807, 2.05) is 29.6 Å². The van der Waals surface area contributed by atoms with Crippen molar-refractivity contribution >= 4 is 22.9 Å². The van der Waals surface area contributed by atoms with Crippen LogP contribution in [0, 0.1) is 0 Å². The Morgan fingerprint density at radius 2 is 2.05 bits per heavy atom. The third-order valence-electron chi connectivity index (χ3n) is 3.04. The number of amides is 1. The van der Waals surface area contributed by atoms with E-state index in [-0.39, 0.29) is 5.91 Å². The van der Waals surface area contributed by atoms with Crippen LogP contribution in [0.25, 0.3) is 0 Å². The van der Waals surface area contributed by atoms with Gasteiger partial charge >= 0.3 is 0 Å². The van der Waals surface area contributed by atoms with Crippen LogP contribution in [0.3, 0.4) is 0 Å². The van der Waals surface area contributed by atoms with Gasteiger partial charge in [0.1, 0.15) is 17.5 Å². The van der Waals surface area contributed by atoms with Crippen molar-refractivity contribution < 1.29 is 14.3 Å². The molecule has 6 heteroatoms. The fourth-order valence-corrected chi connectivity index (χ4v) is 2.71. The first-order valence-electron chi connectivity index (χ1n) is 6.43. The molecule has 0 spiro atoms. The summed E-state index contributed by atoms with van der Waals surface area (Å²) in [5.41, 5.74) is 0.736. The number of methoxy groups -OCH3 is 2. The van der Waals surface area contributed by atoms with Crippen molar-refractivity contribution in [3.8, 4) is 11.5 Å². The molecular formula is C15H18N2O3S. The Kier molecular flexibility index (Phi) is 5.05. The van der Waals surface area contributed by atoms with Gasteiger partial charge in [0.05, 0.1) is 19.9 Å². The van der Waals surface area contributed by atoms with E-state index in [1.54, 1.807) is 27.3 Å². The SMILES string of the molecule is CNC(=O)C(Nc1ccc(OC)cc1OC)c1cccs1. The summed E-state index contributed by atoms with van der Waals surface area (Å²) >= 11 is 1.53. The molecule has 1 amide bonds. The summed E-state index contributed by atoms with van der Waals surface area (Å²) in [5, 5.41) is 7.84. The van der Waals surface area contributed by atoms with Gasteiger partial charge in [0.15, 0.2) is 0 Å². The molecule has 0 saturated heterocycles. The number of rotatable bonds is 6. The summed E-state index contributed by atoms with van der Waals surface area (Å²) in [6.07, 6.45) is 0. The molecule has 2 rings (SSSR count). The summed E-state index contributed by atoms with van der Waals surface area (Å²) in [6.45, 7) is 0. The molecule has 0 aliphatic heterocycles. The van der Waals surface area contributed by atoms with Crippen LogP contribution in [0.2, 0.25) is 0 Å². The minimum absolute atomic E-state index is 0.102. The molecule has 2 aromatic rings. The molecule has 0 fully saturated rings. The molecule has 0 bridgehead atoms. The van der Waals surface area contributed by atoms with Crippen molar-refractivity contribution in [2.75, 3.05) is 26.6 Å². The van der Waals surface area contributed by atoms with E-state index < -0.39 is 6.04 Å². The van der Waals surface area contributed by atoms with Gasteiger partial charge in [-0.3, -0.25) is 4.79 Å². The number of benzene rings is 1. The van der Waals surface area contributed by atoms with Crippen molar-refractivity contribution in [2.24, 2.45) is 0 Å². The molecule has 1 unspecified atom stereocenters. The average molecular weight is 306 g/mol. The molecule has 2 N–H and O–H groups in total. The van der Waals surface area contributed by atoms with Gasteiger partial charge in [0.2, 0.25) is 5.91 Å². The molecule has 1 atom stereocenters. The Bertz CT molecular complexity index is 599. The second kappa shape index (κ2) is 6.99. The number of hydrogen-bond donors (Lipinski definition) is 2. The van der Waals surface area contributed by atoms with Crippen molar-refractivity contribution in [3.63, 3.8) is 0 Å². The lowest BCUT2D eigenvalue weighted by atomic mass is 10.2. The van der Waals surface area contributed by atoms with Crippen LogP contribution in [-0.2, 0) is 4.79 Å². The van der Waals surface area contributed by atoms with Crippen molar-refractivity contribution in [1.29, 1.82) is 0 Å². The van der Waals surface area contributed by atoms with Gasteiger partial charge in [-0.2, -0.15) is 0 Å². The van der Waals surface area contributed by atoms with E-state index >= 15 is 0 Å². The monoisotopic (exact) mass is 306 g/mol. The molecular weight excluding hydrogens is 288 g/mol. The van der Waals surface area contributed by atoms with E-state index in [9.17, 15) is 4.79 Å². The highest BCUT2D eigenvalue weighted by Gasteiger charge is 2.21. The molecule has 1 aromatic carbocycles. The minimum atomic E-state index is -0.461. The van der Waals surface area contributed by atoms with Crippen LogP contribution in [0.5, 0.6) is 11.5 Å². The normalized spacial score (nSPS) is 11.6. The highest BCUT2D eigenvalue weighted by molar-refractivity contribution is 7.10. The van der Waals surface area contributed by atoms with Crippen LogP contribution >= 0.6 is 11.3 Å². The summed E-state index contributed by atoms with van der Waals surface area (Å²) in [7, 11) is 4.80. The lowest BCUT2D eigenvalue weighted by molar-refractivity contribution is -0.121. The van der Waals surface area contributed by atoms with Gasteiger partial charge in [-0.15, -0.1) is 11.3 Å². The topological polar surface area (TPSA) is 59.6 Å². The maximum Gasteiger partial charge on any atom is 0.247 e. The van der Waals surface area contributed by atoms with E-state index in [2.05, 4.69) is 10.6 Å². The van der Waals surface area contributed by atoms with E-state index in [4.69, 9.17) is 9.47 Å². The predicted molar refractivity (Wildman–Crippen MR) is 84.3 cm³/mol. The van der Waals surface area contributed by atoms with Crippen molar-refractivity contribution in [2.45, 2.75) is 6.04 Å². The lowest BCUT2D eigenvalue weighted by Gasteiger charge is -2.19. The number of carbonyl (C=O) groups is 1. The fourth-order valence-electron chi connectivity index (χ4n) is 1.94. The van der Waals surface area contributed by atoms with Gasteiger partial charge < -0.3 is 20.1 Å². The van der Waals surface area contributed by atoms with Gasteiger partial charge in [-0.25, -0.2) is 0 Å². The molecule has 0 saturated carbocycles. The molecule has 0 aliphatic carbocycles. The van der Waals surface area contributed by atoms with Crippen LogP contribution in [0.15, 0.2) is 35.7 Å². The summed E-state index contributed by atoms with van der Waals surface area (Å²) < 4.78 is 10.5. The summed E-state index contributed by atoms with van der Waals surface area (Å²) in [4.78, 5) is 13.0. The van der Waals surface area contributed by atoms with Gasteiger partial charge in [0, 0.05) is 18.0 Å². The zero-order valence-corrected chi connectivity index (χ0v) is 13.0. The summed E-state index contributed by atoms with van der Waals surface area (Å²) in [6, 6.07) is 8.81. The standard InChI is InChI=1S/C15H18N2O3S/c1-16-15(18)14(13-5-4-8-21-13)17-11-7-6-10(19-2)9-12(11)20-3/h4-9,14,17H,1-3H3,(H,16,18). The maximum absolute atomic E-state index is 12.1. The van der Waals surface area contributed by atoms with Crippen molar-refractivity contribution in [3.05, 3.63) is 40.6 Å². The molecule has 1 heterocycles. The molecule has 5 nitrogen and oxygen atoms in total. The predicted octanol–water partition coefficient (Wildman–Crippen LogP) is 2.66. The molecule has 0 radical (unpaired) electrons. The molecule has 21 heavy (non-hydrogen) atoms. The van der Waals surface area contributed by atoms with Crippen LogP contribution in [-0.4, -0.2) is 27.2 Å². The average Bonchev–Trinajstić information content (AvgIpc) is 3.05. The Morgan fingerprint density at radius 1 is 1.24 bits per heavy atom. The van der Waals surface area contributed by atoms with Crippen LogP contribution in [0.1, 0.15) is 10.9 Å². The molecule has 1 aromatic heterocycles. The number of thiophene rings is 1. The Morgan fingerprint density at radius 3 is 2.62 bits per heavy atom. The highest BCUT2D eigenvalue weighted by atomic mass is 32.1. The van der Waals surface area contributed by atoms with Crippen LogP contribution < -0.4 is 20.1 Å².